The summed E-state index contributed by atoms with van der Waals surface area (Å²) >= 11 is 0. The zero-order valence-corrected chi connectivity index (χ0v) is 17.5. The molecule has 0 atom stereocenters. The molecule has 2 heteroatoms. The van der Waals surface area contributed by atoms with Crippen LogP contribution in [0.2, 0.25) is 0 Å². The number of pyridine rings is 2. The van der Waals surface area contributed by atoms with Crippen molar-refractivity contribution >= 4 is 0 Å². The molecule has 0 spiro atoms. The first-order valence-electron chi connectivity index (χ1n) is 9.83. The topological polar surface area (TPSA) is 16.8 Å². The molecule has 1 aliphatic carbocycles. The highest BCUT2D eigenvalue weighted by Crippen LogP contribution is 2.49. The van der Waals surface area contributed by atoms with E-state index >= 15 is 0 Å². The Morgan fingerprint density at radius 3 is 2.37 bits per heavy atom. The van der Waals surface area contributed by atoms with Gasteiger partial charge in [-0.3, -0.25) is 4.98 Å². The predicted octanol–water partition coefficient (Wildman–Crippen LogP) is 5.62. The van der Waals surface area contributed by atoms with Gasteiger partial charge in [-0.05, 0) is 54.2 Å². The maximum absolute atomic E-state index is 4.90. The first-order valence-corrected chi connectivity index (χ1v) is 9.83. The normalized spacial score (nSPS) is 14.4. The molecule has 0 saturated heterocycles. The minimum absolute atomic E-state index is 0.0760. The van der Waals surface area contributed by atoms with Gasteiger partial charge in [-0.1, -0.05) is 39.8 Å². The molecule has 0 fully saturated rings. The fourth-order valence-electron chi connectivity index (χ4n) is 4.31. The molecule has 1 aromatic carbocycles. The first-order chi connectivity index (χ1) is 12.7. The summed E-state index contributed by atoms with van der Waals surface area (Å²) in [5.41, 5.74) is 11.5. The van der Waals surface area contributed by atoms with Crippen molar-refractivity contribution < 1.29 is 4.57 Å². The van der Waals surface area contributed by atoms with Gasteiger partial charge in [0.05, 0.1) is 5.69 Å². The Labute approximate surface area is 162 Å². The molecule has 2 nitrogen and oxygen atoms in total. The van der Waals surface area contributed by atoms with Gasteiger partial charge in [0.2, 0.25) is 5.69 Å². The smallest absolute Gasteiger partial charge is 0.212 e. The molecule has 0 N–H and O–H groups in total. The highest BCUT2D eigenvalue weighted by molar-refractivity contribution is 5.83. The Kier molecular flexibility index (Phi) is 3.99. The summed E-state index contributed by atoms with van der Waals surface area (Å²) < 4.78 is 2.23. The molecule has 0 saturated carbocycles. The van der Waals surface area contributed by atoms with Crippen LogP contribution in [0.3, 0.4) is 0 Å². The lowest BCUT2D eigenvalue weighted by Gasteiger charge is -2.21. The predicted molar refractivity (Wildman–Crippen MR) is 112 cm³/mol. The van der Waals surface area contributed by atoms with Gasteiger partial charge < -0.3 is 0 Å². The maximum Gasteiger partial charge on any atom is 0.212 e. The zero-order chi connectivity index (χ0) is 19.5. The lowest BCUT2D eigenvalue weighted by atomic mass is 9.83. The summed E-state index contributed by atoms with van der Waals surface area (Å²) in [5, 5.41) is 0. The van der Waals surface area contributed by atoms with E-state index in [1.165, 1.54) is 44.8 Å². The van der Waals surface area contributed by atoms with E-state index < -0.39 is 0 Å². The minimum atomic E-state index is -0.0760. The van der Waals surface area contributed by atoms with Crippen molar-refractivity contribution in [3.63, 3.8) is 0 Å². The third-order valence-corrected chi connectivity index (χ3v) is 6.07. The van der Waals surface area contributed by atoms with Crippen LogP contribution in [0, 0.1) is 13.8 Å². The summed E-state index contributed by atoms with van der Waals surface area (Å²) in [4.78, 5) is 4.90. The molecule has 2 aromatic heterocycles. The third kappa shape index (κ3) is 2.70. The molecule has 0 amide bonds. The number of rotatable bonds is 2. The fraction of sp³-hybridized carbons (Fsp3) is 0.360. The second kappa shape index (κ2) is 6.02. The number of fused-ring (bicyclic) bond motifs is 3. The lowest BCUT2D eigenvalue weighted by Crippen LogP contribution is -2.31. The van der Waals surface area contributed by atoms with E-state index in [2.05, 4.69) is 95.8 Å². The van der Waals surface area contributed by atoms with Crippen LogP contribution in [0.15, 0.2) is 42.6 Å². The SMILES string of the molecule is Cc1ccc2c(n1)C(C)(C)c1cc(-c3cc(C(C)C)cc[n+]3C)c(C)cc1-2. The lowest BCUT2D eigenvalue weighted by molar-refractivity contribution is -0.660. The Bertz CT molecular complexity index is 1060. The molecule has 138 valence electrons. The number of nitrogens with zero attached hydrogens (tertiary/aromatic N) is 2. The van der Waals surface area contributed by atoms with Crippen molar-refractivity contribution in [2.75, 3.05) is 0 Å². The van der Waals surface area contributed by atoms with Gasteiger partial charge in [0.15, 0.2) is 6.20 Å². The van der Waals surface area contributed by atoms with Crippen LogP contribution in [-0.2, 0) is 12.5 Å². The second-order valence-corrected chi connectivity index (χ2v) is 8.80. The van der Waals surface area contributed by atoms with E-state index in [4.69, 9.17) is 4.98 Å². The maximum atomic E-state index is 4.90. The summed E-state index contributed by atoms with van der Waals surface area (Å²) in [6.45, 7) is 13.4. The minimum Gasteiger partial charge on any atom is -0.257 e. The third-order valence-electron chi connectivity index (χ3n) is 6.07. The number of hydrogen-bond donors (Lipinski definition) is 0. The summed E-state index contributed by atoms with van der Waals surface area (Å²) in [5.74, 6) is 0.521. The number of aromatic nitrogens is 2. The van der Waals surface area contributed by atoms with Crippen LogP contribution in [-0.4, -0.2) is 4.98 Å². The van der Waals surface area contributed by atoms with Gasteiger partial charge in [0, 0.05) is 34.4 Å². The molecule has 0 radical (unpaired) electrons. The summed E-state index contributed by atoms with van der Waals surface area (Å²) in [7, 11) is 2.14. The Morgan fingerprint density at radius 2 is 1.67 bits per heavy atom. The number of benzene rings is 1. The van der Waals surface area contributed by atoms with Crippen LogP contribution in [0.1, 0.15) is 61.7 Å². The first kappa shape index (κ1) is 17.9. The Morgan fingerprint density at radius 1 is 0.926 bits per heavy atom. The van der Waals surface area contributed by atoms with Gasteiger partial charge in [0.25, 0.3) is 0 Å². The molecule has 0 bridgehead atoms. The molecule has 4 rings (SSSR count). The number of aryl methyl sites for hydroxylation is 3. The van der Waals surface area contributed by atoms with E-state index in [1.807, 2.05) is 0 Å². The van der Waals surface area contributed by atoms with Gasteiger partial charge in [0.1, 0.15) is 7.05 Å². The average Bonchev–Trinajstić information content (AvgIpc) is 2.81. The van der Waals surface area contributed by atoms with Crippen LogP contribution >= 0.6 is 0 Å². The van der Waals surface area contributed by atoms with Crippen LogP contribution in [0.5, 0.6) is 0 Å². The summed E-state index contributed by atoms with van der Waals surface area (Å²) in [6, 6.07) is 13.7. The van der Waals surface area contributed by atoms with E-state index in [0.717, 1.165) is 5.69 Å². The largest absolute Gasteiger partial charge is 0.257 e. The van der Waals surface area contributed by atoms with Gasteiger partial charge in [-0.25, -0.2) is 4.57 Å². The Hall–Kier alpha value is -2.48. The standard InChI is InChI=1S/C25H29N2/c1-15(2)18-10-11-27(7)23(13-18)20-14-22-21(12-16(20)3)19-9-8-17(4)26-24(19)25(22,5)6/h8-15H,1-7H3/q+1. The quantitative estimate of drug-likeness (QED) is 0.544. The molecule has 1 aliphatic rings. The van der Waals surface area contributed by atoms with E-state index in [1.54, 1.807) is 0 Å². The van der Waals surface area contributed by atoms with E-state index in [9.17, 15) is 0 Å². The number of hydrogen-bond acceptors (Lipinski definition) is 1. The van der Waals surface area contributed by atoms with Crippen LogP contribution < -0.4 is 4.57 Å². The van der Waals surface area contributed by atoms with Crippen molar-refractivity contribution in [3.8, 4) is 22.4 Å². The van der Waals surface area contributed by atoms with Gasteiger partial charge in [-0.15, -0.1) is 0 Å². The zero-order valence-electron chi connectivity index (χ0n) is 17.5. The molecule has 0 unspecified atom stereocenters. The molecule has 0 aliphatic heterocycles. The molecule has 27 heavy (non-hydrogen) atoms. The van der Waals surface area contributed by atoms with Crippen LogP contribution in [0.25, 0.3) is 22.4 Å². The summed E-state index contributed by atoms with van der Waals surface area (Å²) in [6.07, 6.45) is 2.18. The van der Waals surface area contributed by atoms with Gasteiger partial charge >= 0.3 is 0 Å². The van der Waals surface area contributed by atoms with E-state index in [-0.39, 0.29) is 5.41 Å². The van der Waals surface area contributed by atoms with Crippen molar-refractivity contribution in [2.24, 2.45) is 7.05 Å². The molecular formula is C25H29N2+. The Balaban J connectivity index is 1.96. The second-order valence-electron chi connectivity index (χ2n) is 8.80. The van der Waals surface area contributed by atoms with E-state index in [0.29, 0.717) is 5.92 Å². The van der Waals surface area contributed by atoms with Crippen molar-refractivity contribution in [1.29, 1.82) is 0 Å². The average molecular weight is 358 g/mol. The molecule has 2 heterocycles. The highest BCUT2D eigenvalue weighted by Gasteiger charge is 2.38. The monoisotopic (exact) mass is 357 g/mol. The molecular weight excluding hydrogens is 328 g/mol. The van der Waals surface area contributed by atoms with Crippen molar-refractivity contribution in [3.05, 3.63) is 70.7 Å². The fourth-order valence-corrected chi connectivity index (χ4v) is 4.31. The molecule has 3 aromatic rings. The van der Waals surface area contributed by atoms with Crippen LogP contribution in [0.4, 0.5) is 0 Å². The highest BCUT2D eigenvalue weighted by atomic mass is 14.9. The van der Waals surface area contributed by atoms with Gasteiger partial charge in [-0.2, -0.15) is 0 Å². The van der Waals surface area contributed by atoms with Crippen molar-refractivity contribution in [2.45, 2.75) is 52.9 Å². The van der Waals surface area contributed by atoms with Crippen molar-refractivity contribution in [1.82, 2.24) is 4.98 Å².